The molecule has 0 radical (unpaired) electrons. The van der Waals surface area contributed by atoms with Gasteiger partial charge in [-0.2, -0.15) is 4.68 Å². The van der Waals surface area contributed by atoms with Crippen LogP contribution in [0.1, 0.15) is 33.4 Å². The molecule has 4 rings (SSSR count). The molecule has 1 aromatic carbocycles. The SMILES string of the molecule is CCOC(=O)c1c(-c2ccc(C)o2)csc1NC(=O)COC(=O)c1ccccc1-n1cnnn1. The van der Waals surface area contributed by atoms with Gasteiger partial charge in [0.1, 0.15) is 28.4 Å². The fourth-order valence-corrected chi connectivity index (χ4v) is 4.06. The van der Waals surface area contributed by atoms with Crippen molar-refractivity contribution in [2.45, 2.75) is 13.8 Å². The molecule has 3 heterocycles. The summed E-state index contributed by atoms with van der Waals surface area (Å²) < 4.78 is 17.3. The van der Waals surface area contributed by atoms with E-state index in [0.29, 0.717) is 22.8 Å². The molecular weight excluding hydrogens is 462 g/mol. The summed E-state index contributed by atoms with van der Waals surface area (Å²) in [5.74, 6) is -0.804. The Morgan fingerprint density at radius 1 is 1.12 bits per heavy atom. The van der Waals surface area contributed by atoms with Gasteiger partial charge < -0.3 is 19.2 Å². The Morgan fingerprint density at radius 3 is 2.65 bits per heavy atom. The predicted molar refractivity (Wildman–Crippen MR) is 121 cm³/mol. The number of aromatic nitrogens is 4. The highest BCUT2D eigenvalue weighted by Gasteiger charge is 2.25. The van der Waals surface area contributed by atoms with Crippen LogP contribution in [0.25, 0.3) is 17.0 Å². The number of furan rings is 1. The molecule has 34 heavy (non-hydrogen) atoms. The van der Waals surface area contributed by atoms with Crippen molar-refractivity contribution in [1.82, 2.24) is 20.2 Å². The van der Waals surface area contributed by atoms with E-state index in [4.69, 9.17) is 13.9 Å². The minimum atomic E-state index is -0.732. The third kappa shape index (κ3) is 4.86. The Hall–Kier alpha value is -4.32. The second-order valence-electron chi connectivity index (χ2n) is 6.88. The van der Waals surface area contributed by atoms with Gasteiger partial charge in [-0.05, 0) is 48.5 Å². The standard InChI is InChI=1S/C22H19N5O6S/c1-3-31-22(30)19-15(17-9-8-13(2)33-17)11-34-20(19)24-18(28)10-32-21(29)14-6-4-5-7-16(14)27-12-23-25-26-27/h4-9,11-12H,3,10H2,1-2H3,(H,24,28). The highest BCUT2D eigenvalue weighted by molar-refractivity contribution is 7.15. The maximum absolute atomic E-state index is 12.6. The summed E-state index contributed by atoms with van der Waals surface area (Å²) in [7, 11) is 0. The monoisotopic (exact) mass is 481 g/mol. The van der Waals surface area contributed by atoms with Crippen molar-refractivity contribution in [2.75, 3.05) is 18.5 Å². The predicted octanol–water partition coefficient (Wildman–Crippen LogP) is 3.26. The fraction of sp³-hybridized carbons (Fsp3) is 0.182. The summed E-state index contributed by atoms with van der Waals surface area (Å²) in [6.45, 7) is 3.07. The first-order valence-electron chi connectivity index (χ1n) is 10.1. The second kappa shape index (κ2) is 10.1. The van der Waals surface area contributed by atoms with Gasteiger partial charge in [0.15, 0.2) is 6.61 Å². The Bertz CT molecular complexity index is 1330. The van der Waals surface area contributed by atoms with Crippen LogP contribution in [0, 0.1) is 6.92 Å². The molecule has 1 N–H and O–H groups in total. The number of amides is 1. The van der Waals surface area contributed by atoms with Crippen LogP contribution in [-0.2, 0) is 14.3 Å². The first-order chi connectivity index (χ1) is 16.5. The number of para-hydroxylation sites is 1. The number of hydrogen-bond acceptors (Lipinski definition) is 10. The van der Waals surface area contributed by atoms with Crippen molar-refractivity contribution in [3.8, 4) is 17.0 Å². The molecule has 0 bridgehead atoms. The van der Waals surface area contributed by atoms with Crippen molar-refractivity contribution in [2.24, 2.45) is 0 Å². The summed E-state index contributed by atoms with van der Waals surface area (Å²) in [5, 5.41) is 15.4. The lowest BCUT2D eigenvalue weighted by atomic mass is 10.1. The maximum atomic E-state index is 12.6. The number of nitrogens with one attached hydrogen (secondary N) is 1. The zero-order valence-electron chi connectivity index (χ0n) is 18.2. The van der Waals surface area contributed by atoms with Gasteiger partial charge >= 0.3 is 11.9 Å². The molecule has 12 heteroatoms. The van der Waals surface area contributed by atoms with Crippen LogP contribution in [0.15, 0.2) is 52.5 Å². The lowest BCUT2D eigenvalue weighted by Crippen LogP contribution is -2.22. The zero-order valence-corrected chi connectivity index (χ0v) is 19.0. The molecule has 174 valence electrons. The number of anilines is 1. The lowest BCUT2D eigenvalue weighted by Gasteiger charge is -2.10. The van der Waals surface area contributed by atoms with Crippen molar-refractivity contribution in [3.63, 3.8) is 0 Å². The quantitative estimate of drug-likeness (QED) is 0.376. The van der Waals surface area contributed by atoms with Crippen molar-refractivity contribution < 1.29 is 28.3 Å². The number of tetrazole rings is 1. The largest absolute Gasteiger partial charge is 0.462 e. The molecule has 0 atom stereocenters. The Morgan fingerprint density at radius 2 is 1.94 bits per heavy atom. The van der Waals surface area contributed by atoms with Gasteiger partial charge in [-0.1, -0.05) is 12.1 Å². The number of hydrogen-bond donors (Lipinski definition) is 1. The third-order valence-corrected chi connectivity index (χ3v) is 5.48. The first kappa shape index (κ1) is 22.9. The average Bonchev–Trinajstić information content (AvgIpc) is 3.59. The van der Waals surface area contributed by atoms with Crippen LogP contribution in [0.2, 0.25) is 0 Å². The number of esters is 2. The van der Waals surface area contributed by atoms with E-state index in [1.165, 1.54) is 17.1 Å². The summed E-state index contributed by atoms with van der Waals surface area (Å²) in [6.07, 6.45) is 1.34. The highest BCUT2D eigenvalue weighted by atomic mass is 32.1. The molecule has 0 saturated heterocycles. The van der Waals surface area contributed by atoms with Crippen LogP contribution in [0.4, 0.5) is 5.00 Å². The highest BCUT2D eigenvalue weighted by Crippen LogP contribution is 2.37. The van der Waals surface area contributed by atoms with Crippen LogP contribution in [0.3, 0.4) is 0 Å². The first-order valence-corrected chi connectivity index (χ1v) is 11.0. The van der Waals surface area contributed by atoms with Crippen LogP contribution >= 0.6 is 11.3 Å². The zero-order chi connectivity index (χ0) is 24.1. The summed E-state index contributed by atoms with van der Waals surface area (Å²) >= 11 is 1.14. The number of rotatable bonds is 8. The number of thiophene rings is 1. The Labute approximate surface area is 197 Å². The van der Waals surface area contributed by atoms with E-state index in [-0.39, 0.29) is 22.7 Å². The average molecular weight is 481 g/mol. The molecule has 0 unspecified atom stereocenters. The maximum Gasteiger partial charge on any atom is 0.341 e. The number of aryl methyl sites for hydroxylation is 1. The fourth-order valence-electron chi connectivity index (χ4n) is 3.11. The molecule has 4 aromatic rings. The van der Waals surface area contributed by atoms with Gasteiger partial charge in [0.25, 0.3) is 5.91 Å². The molecule has 0 aliphatic carbocycles. The van der Waals surface area contributed by atoms with Gasteiger partial charge in [0, 0.05) is 10.9 Å². The topological polar surface area (TPSA) is 138 Å². The van der Waals surface area contributed by atoms with Crippen molar-refractivity contribution >= 4 is 34.2 Å². The molecule has 0 spiro atoms. The van der Waals surface area contributed by atoms with Gasteiger partial charge in [-0.25, -0.2) is 9.59 Å². The minimum Gasteiger partial charge on any atom is -0.462 e. The number of ether oxygens (including phenoxy) is 2. The van der Waals surface area contributed by atoms with E-state index in [9.17, 15) is 14.4 Å². The van der Waals surface area contributed by atoms with E-state index < -0.39 is 24.5 Å². The van der Waals surface area contributed by atoms with E-state index in [0.717, 1.165) is 11.3 Å². The van der Waals surface area contributed by atoms with Gasteiger partial charge in [0.2, 0.25) is 0 Å². The molecule has 0 aliphatic heterocycles. The molecule has 0 fully saturated rings. The Kier molecular flexibility index (Phi) is 6.78. The Balaban J connectivity index is 1.48. The molecule has 0 aliphatic rings. The smallest absolute Gasteiger partial charge is 0.341 e. The second-order valence-corrected chi connectivity index (χ2v) is 7.76. The normalized spacial score (nSPS) is 10.6. The molecule has 11 nitrogen and oxygen atoms in total. The lowest BCUT2D eigenvalue weighted by molar-refractivity contribution is -0.119. The van der Waals surface area contributed by atoms with Gasteiger partial charge in [0.05, 0.1) is 17.9 Å². The molecule has 1 amide bonds. The number of carbonyl (C=O) groups excluding carboxylic acids is 3. The number of nitrogens with zero attached hydrogens (tertiary/aromatic N) is 4. The van der Waals surface area contributed by atoms with Crippen molar-refractivity contribution in [1.29, 1.82) is 0 Å². The van der Waals surface area contributed by atoms with Crippen molar-refractivity contribution in [3.05, 3.63) is 65.0 Å². The van der Waals surface area contributed by atoms with Crippen LogP contribution in [-0.4, -0.2) is 51.3 Å². The van der Waals surface area contributed by atoms with Crippen LogP contribution in [0.5, 0.6) is 0 Å². The van der Waals surface area contributed by atoms with E-state index in [1.807, 2.05) is 0 Å². The minimum absolute atomic E-state index is 0.164. The summed E-state index contributed by atoms with van der Waals surface area (Å²) in [6, 6.07) is 10.0. The van der Waals surface area contributed by atoms with Gasteiger partial charge in [-0.15, -0.1) is 16.4 Å². The van der Waals surface area contributed by atoms with E-state index in [2.05, 4.69) is 20.8 Å². The van der Waals surface area contributed by atoms with Crippen LogP contribution < -0.4 is 5.32 Å². The van der Waals surface area contributed by atoms with E-state index in [1.54, 1.807) is 49.6 Å². The summed E-state index contributed by atoms with van der Waals surface area (Å²) in [4.78, 5) is 37.7. The number of benzene rings is 1. The third-order valence-electron chi connectivity index (χ3n) is 4.58. The molecule has 3 aromatic heterocycles. The van der Waals surface area contributed by atoms with E-state index >= 15 is 0 Å². The molecular formula is C22H19N5O6S. The van der Waals surface area contributed by atoms with Gasteiger partial charge in [-0.3, -0.25) is 4.79 Å². The number of carbonyl (C=O) groups is 3. The molecule has 0 saturated carbocycles. The summed E-state index contributed by atoms with van der Waals surface area (Å²) in [5.41, 5.74) is 1.25.